The molecule has 1 aliphatic heterocycles. The molecule has 3 fully saturated rings. The number of hydrogen-bond donors (Lipinski definition) is 0. The van der Waals surface area contributed by atoms with Gasteiger partial charge in [0.15, 0.2) is 4.90 Å². The van der Waals surface area contributed by atoms with Crippen LogP contribution in [-0.4, -0.2) is 18.1 Å². The minimum absolute atomic E-state index is 0.443. The maximum absolute atomic E-state index is 6.37. The van der Waals surface area contributed by atoms with Gasteiger partial charge in [0.25, 0.3) is 0 Å². The summed E-state index contributed by atoms with van der Waals surface area (Å²) in [7, 11) is 0.443. The second-order valence-electron chi connectivity index (χ2n) is 9.05. The molecule has 1 saturated heterocycles. The van der Waals surface area contributed by atoms with E-state index in [1.54, 1.807) is 4.90 Å². The van der Waals surface area contributed by atoms with Crippen molar-refractivity contribution in [3.8, 4) is 5.75 Å². The van der Waals surface area contributed by atoms with E-state index in [2.05, 4.69) is 36.4 Å². The standard InChI is InChI=1S/C25H33OS/c1-2-8-19(9-3-1)16-26-24-14-15-25(23-13-7-6-12-22(23)24)27-17-20-10-4-5-11-21(20)18-27/h6-7,12-15,19-21H,1-5,8-11,16-18H2/q+1. The number of hydrogen-bond acceptors (Lipinski definition) is 1. The molecule has 2 atom stereocenters. The number of rotatable bonds is 4. The van der Waals surface area contributed by atoms with Crippen molar-refractivity contribution >= 4 is 21.7 Å². The van der Waals surface area contributed by atoms with Crippen molar-refractivity contribution in [2.24, 2.45) is 17.8 Å². The molecule has 0 N–H and O–H groups in total. The summed E-state index contributed by atoms with van der Waals surface area (Å²) >= 11 is 0. The Balaban J connectivity index is 1.38. The van der Waals surface area contributed by atoms with Crippen LogP contribution in [0.25, 0.3) is 10.8 Å². The monoisotopic (exact) mass is 381 g/mol. The predicted octanol–water partition coefficient (Wildman–Crippen LogP) is 6.60. The van der Waals surface area contributed by atoms with E-state index in [9.17, 15) is 0 Å². The Morgan fingerprint density at radius 2 is 1.41 bits per heavy atom. The van der Waals surface area contributed by atoms with Crippen LogP contribution in [0.4, 0.5) is 0 Å². The lowest BCUT2D eigenvalue weighted by Gasteiger charge is -2.22. The SMILES string of the molecule is c1ccc2c([S+]3CC4CCCCC4C3)ccc(OCC3CCCCC3)c2c1. The molecule has 2 aromatic carbocycles. The zero-order valence-electron chi connectivity index (χ0n) is 16.5. The van der Waals surface area contributed by atoms with Crippen molar-refractivity contribution in [1.29, 1.82) is 0 Å². The van der Waals surface area contributed by atoms with Crippen molar-refractivity contribution < 1.29 is 4.74 Å². The third-order valence-electron chi connectivity index (χ3n) is 7.25. The molecule has 2 saturated carbocycles. The molecule has 2 aromatic rings. The summed E-state index contributed by atoms with van der Waals surface area (Å²) in [6, 6.07) is 13.7. The molecule has 0 amide bonds. The average Bonchev–Trinajstić information content (AvgIpc) is 3.16. The van der Waals surface area contributed by atoms with Crippen LogP contribution < -0.4 is 4.74 Å². The van der Waals surface area contributed by atoms with E-state index in [0.717, 1.165) is 30.1 Å². The van der Waals surface area contributed by atoms with Gasteiger partial charge in [0.1, 0.15) is 17.3 Å². The molecule has 27 heavy (non-hydrogen) atoms. The summed E-state index contributed by atoms with van der Waals surface area (Å²) in [6.45, 7) is 0.902. The van der Waals surface area contributed by atoms with E-state index in [0.29, 0.717) is 10.9 Å². The summed E-state index contributed by atoms with van der Waals surface area (Å²) in [5.41, 5.74) is 0. The molecule has 1 nitrogen and oxygen atoms in total. The molecular formula is C25H33OS+. The molecule has 2 heteroatoms. The highest BCUT2D eigenvalue weighted by Crippen LogP contribution is 2.43. The van der Waals surface area contributed by atoms with E-state index in [4.69, 9.17) is 4.74 Å². The fraction of sp³-hybridized carbons (Fsp3) is 0.600. The molecule has 3 aliphatic rings. The maximum Gasteiger partial charge on any atom is 0.163 e. The highest BCUT2D eigenvalue weighted by Gasteiger charge is 2.44. The first kappa shape index (κ1) is 17.9. The second kappa shape index (κ2) is 8.07. The third-order valence-corrected chi connectivity index (χ3v) is 9.89. The smallest absolute Gasteiger partial charge is 0.163 e. The molecule has 2 aliphatic carbocycles. The van der Waals surface area contributed by atoms with Gasteiger partial charge in [-0.15, -0.1) is 0 Å². The van der Waals surface area contributed by atoms with Crippen LogP contribution in [0.5, 0.6) is 5.75 Å². The van der Waals surface area contributed by atoms with Crippen molar-refractivity contribution in [2.75, 3.05) is 18.1 Å². The van der Waals surface area contributed by atoms with Gasteiger partial charge in [-0.2, -0.15) is 0 Å². The van der Waals surface area contributed by atoms with Crippen molar-refractivity contribution in [1.82, 2.24) is 0 Å². The topological polar surface area (TPSA) is 9.23 Å². The molecule has 2 unspecified atom stereocenters. The minimum atomic E-state index is 0.443. The minimum Gasteiger partial charge on any atom is -0.493 e. The third kappa shape index (κ3) is 3.75. The first-order valence-corrected chi connectivity index (χ1v) is 12.8. The summed E-state index contributed by atoms with van der Waals surface area (Å²) in [6.07, 6.45) is 12.8. The van der Waals surface area contributed by atoms with Crippen molar-refractivity contribution in [3.63, 3.8) is 0 Å². The van der Waals surface area contributed by atoms with Gasteiger partial charge in [-0.3, -0.25) is 0 Å². The van der Waals surface area contributed by atoms with Crippen LogP contribution in [0.3, 0.4) is 0 Å². The fourth-order valence-electron chi connectivity index (χ4n) is 5.67. The van der Waals surface area contributed by atoms with E-state index in [-0.39, 0.29) is 0 Å². The Labute approximate surface area is 167 Å². The van der Waals surface area contributed by atoms with E-state index in [1.807, 2.05) is 0 Å². The number of fused-ring (bicyclic) bond motifs is 2. The van der Waals surface area contributed by atoms with Crippen LogP contribution in [-0.2, 0) is 10.9 Å². The number of benzene rings is 2. The van der Waals surface area contributed by atoms with Gasteiger partial charge in [-0.1, -0.05) is 50.3 Å². The lowest BCUT2D eigenvalue weighted by molar-refractivity contribution is 0.210. The molecule has 0 aromatic heterocycles. The van der Waals surface area contributed by atoms with Crippen LogP contribution in [0.2, 0.25) is 0 Å². The summed E-state index contributed by atoms with van der Waals surface area (Å²) < 4.78 is 6.37. The van der Waals surface area contributed by atoms with Crippen LogP contribution in [0.1, 0.15) is 57.8 Å². The molecule has 1 heterocycles. The van der Waals surface area contributed by atoms with Gasteiger partial charge in [0, 0.05) is 33.5 Å². The van der Waals surface area contributed by atoms with E-state index >= 15 is 0 Å². The second-order valence-corrected chi connectivity index (χ2v) is 11.1. The Kier molecular flexibility index (Phi) is 5.36. The van der Waals surface area contributed by atoms with Crippen LogP contribution in [0, 0.1) is 17.8 Å². The Bertz CT molecular complexity index is 765. The fourth-order valence-corrected chi connectivity index (χ4v) is 8.83. The van der Waals surface area contributed by atoms with E-state index < -0.39 is 0 Å². The van der Waals surface area contributed by atoms with Gasteiger partial charge in [-0.05, 0) is 49.8 Å². The molecule has 5 rings (SSSR count). The zero-order chi connectivity index (χ0) is 18.1. The Hall–Kier alpha value is -1.15. The molecule has 0 radical (unpaired) electrons. The Morgan fingerprint density at radius 3 is 2.15 bits per heavy atom. The predicted molar refractivity (Wildman–Crippen MR) is 117 cm³/mol. The zero-order valence-corrected chi connectivity index (χ0v) is 17.3. The molecule has 0 bridgehead atoms. The largest absolute Gasteiger partial charge is 0.493 e. The first-order chi connectivity index (χ1) is 13.4. The van der Waals surface area contributed by atoms with Gasteiger partial charge < -0.3 is 4.74 Å². The average molecular weight is 382 g/mol. The van der Waals surface area contributed by atoms with Crippen LogP contribution >= 0.6 is 0 Å². The summed E-state index contributed by atoms with van der Waals surface area (Å²) in [5.74, 6) is 6.76. The summed E-state index contributed by atoms with van der Waals surface area (Å²) in [5, 5.41) is 2.80. The quantitative estimate of drug-likeness (QED) is 0.542. The van der Waals surface area contributed by atoms with Gasteiger partial charge in [0.2, 0.25) is 0 Å². The normalized spacial score (nSPS) is 29.0. The first-order valence-electron chi connectivity index (χ1n) is 11.2. The van der Waals surface area contributed by atoms with Gasteiger partial charge >= 0.3 is 0 Å². The lowest BCUT2D eigenvalue weighted by Crippen LogP contribution is -2.16. The Morgan fingerprint density at radius 1 is 0.741 bits per heavy atom. The highest BCUT2D eigenvalue weighted by molar-refractivity contribution is 7.97. The van der Waals surface area contributed by atoms with Gasteiger partial charge in [0.05, 0.1) is 6.61 Å². The summed E-state index contributed by atoms with van der Waals surface area (Å²) in [4.78, 5) is 1.62. The highest BCUT2D eigenvalue weighted by atomic mass is 32.2. The van der Waals surface area contributed by atoms with Gasteiger partial charge in [-0.25, -0.2) is 0 Å². The van der Waals surface area contributed by atoms with E-state index in [1.165, 1.54) is 80.1 Å². The van der Waals surface area contributed by atoms with Crippen molar-refractivity contribution in [3.05, 3.63) is 36.4 Å². The molecular weight excluding hydrogens is 348 g/mol. The maximum atomic E-state index is 6.37. The molecule has 0 spiro atoms. The van der Waals surface area contributed by atoms with Crippen LogP contribution in [0.15, 0.2) is 41.3 Å². The van der Waals surface area contributed by atoms with Crippen molar-refractivity contribution in [2.45, 2.75) is 62.7 Å². The lowest BCUT2D eigenvalue weighted by atomic mass is 9.82. The number of ether oxygens (including phenoxy) is 1. The molecule has 144 valence electrons.